The summed E-state index contributed by atoms with van der Waals surface area (Å²) in [5, 5.41) is 8.68. The van der Waals surface area contributed by atoms with Gasteiger partial charge in [-0.2, -0.15) is 5.10 Å². The summed E-state index contributed by atoms with van der Waals surface area (Å²) in [6.45, 7) is 6.67. The van der Waals surface area contributed by atoms with Crippen molar-refractivity contribution in [3.63, 3.8) is 0 Å². The lowest BCUT2D eigenvalue weighted by Crippen LogP contribution is -2.46. The van der Waals surface area contributed by atoms with Crippen molar-refractivity contribution in [3.8, 4) is 0 Å². The monoisotopic (exact) mass is 263 g/mol. The number of nitrogens with two attached hydrogens (primary N) is 1. The van der Waals surface area contributed by atoms with Gasteiger partial charge >= 0.3 is 0 Å². The Hall–Kier alpha value is -1.20. The summed E-state index contributed by atoms with van der Waals surface area (Å²) in [5.74, 6) is 0.983. The molecule has 1 unspecified atom stereocenters. The van der Waals surface area contributed by atoms with Crippen LogP contribution >= 0.6 is 0 Å². The minimum absolute atomic E-state index is 0.528. The molecule has 5 heteroatoms. The molecule has 19 heavy (non-hydrogen) atoms. The van der Waals surface area contributed by atoms with Crippen LogP contribution in [0.4, 0.5) is 5.82 Å². The number of rotatable bonds is 3. The third-order valence-electron chi connectivity index (χ3n) is 4.19. The van der Waals surface area contributed by atoms with Crippen molar-refractivity contribution in [2.45, 2.75) is 39.3 Å². The number of aromatic nitrogens is 2. The van der Waals surface area contributed by atoms with E-state index in [1.54, 1.807) is 0 Å². The molecule has 1 saturated heterocycles. The van der Waals surface area contributed by atoms with Gasteiger partial charge in [-0.3, -0.25) is 0 Å². The molecule has 1 atom stereocenters. The largest absolute Gasteiger partial charge is 0.353 e. The molecule has 2 N–H and O–H groups in total. The van der Waals surface area contributed by atoms with E-state index >= 15 is 0 Å². The van der Waals surface area contributed by atoms with Crippen molar-refractivity contribution in [3.05, 3.63) is 16.8 Å². The van der Waals surface area contributed by atoms with Crippen LogP contribution in [0.2, 0.25) is 0 Å². The highest BCUT2D eigenvalue weighted by Crippen LogP contribution is 2.25. The number of hydrogen-bond acceptors (Lipinski definition) is 5. The maximum absolute atomic E-state index is 5.92. The fraction of sp³-hybridized carbons (Fsp3) is 0.714. The zero-order valence-corrected chi connectivity index (χ0v) is 12.5. The predicted octanol–water partition coefficient (Wildman–Crippen LogP) is 1.08. The third kappa shape index (κ3) is 2.87. The molecule has 2 rings (SSSR count). The second kappa shape index (κ2) is 5.84. The van der Waals surface area contributed by atoms with Crippen molar-refractivity contribution < 1.29 is 0 Å². The topological polar surface area (TPSA) is 58.3 Å². The molecule has 0 bridgehead atoms. The molecule has 0 radical (unpaired) electrons. The molecule has 5 nitrogen and oxygen atoms in total. The van der Waals surface area contributed by atoms with Crippen LogP contribution in [0.25, 0.3) is 0 Å². The minimum atomic E-state index is 0.528. The summed E-state index contributed by atoms with van der Waals surface area (Å²) in [4.78, 5) is 4.64. The predicted molar refractivity (Wildman–Crippen MR) is 78.3 cm³/mol. The quantitative estimate of drug-likeness (QED) is 0.884. The van der Waals surface area contributed by atoms with Gasteiger partial charge in [-0.1, -0.05) is 0 Å². The minimum Gasteiger partial charge on any atom is -0.353 e. The van der Waals surface area contributed by atoms with E-state index in [9.17, 15) is 0 Å². The van der Waals surface area contributed by atoms with Crippen LogP contribution in [0, 0.1) is 13.8 Å². The Morgan fingerprint density at radius 1 is 1.32 bits per heavy atom. The molecular weight excluding hydrogens is 238 g/mol. The molecule has 0 saturated carbocycles. The van der Waals surface area contributed by atoms with Gasteiger partial charge in [0.2, 0.25) is 0 Å². The van der Waals surface area contributed by atoms with Crippen LogP contribution in [-0.2, 0) is 6.54 Å². The second-order valence-corrected chi connectivity index (χ2v) is 5.62. The van der Waals surface area contributed by atoms with Crippen LogP contribution in [0.15, 0.2) is 0 Å². The van der Waals surface area contributed by atoms with Crippen LogP contribution in [-0.4, -0.2) is 48.3 Å². The second-order valence-electron chi connectivity index (χ2n) is 5.62. The van der Waals surface area contributed by atoms with Crippen molar-refractivity contribution in [1.82, 2.24) is 15.1 Å². The summed E-state index contributed by atoms with van der Waals surface area (Å²) >= 11 is 0. The van der Waals surface area contributed by atoms with E-state index in [1.807, 2.05) is 6.92 Å². The van der Waals surface area contributed by atoms with Gasteiger partial charge in [0.05, 0.1) is 5.69 Å². The van der Waals surface area contributed by atoms with E-state index in [0.29, 0.717) is 12.6 Å². The van der Waals surface area contributed by atoms with E-state index in [2.05, 4.69) is 41.0 Å². The van der Waals surface area contributed by atoms with E-state index in [1.165, 1.54) is 18.4 Å². The first-order valence-corrected chi connectivity index (χ1v) is 6.98. The third-order valence-corrected chi connectivity index (χ3v) is 4.19. The van der Waals surface area contributed by atoms with E-state index in [0.717, 1.165) is 30.2 Å². The number of piperidine rings is 1. The van der Waals surface area contributed by atoms with Crippen molar-refractivity contribution in [1.29, 1.82) is 0 Å². The number of hydrogen-bond donors (Lipinski definition) is 1. The highest BCUT2D eigenvalue weighted by atomic mass is 15.3. The zero-order chi connectivity index (χ0) is 14.0. The Morgan fingerprint density at radius 3 is 2.68 bits per heavy atom. The van der Waals surface area contributed by atoms with Gasteiger partial charge < -0.3 is 15.5 Å². The van der Waals surface area contributed by atoms with Crippen LogP contribution in [0.3, 0.4) is 0 Å². The molecular formula is C14H25N5. The molecule has 1 aromatic heterocycles. The average molecular weight is 263 g/mol. The first-order valence-electron chi connectivity index (χ1n) is 6.98. The molecule has 106 valence electrons. The highest BCUT2D eigenvalue weighted by molar-refractivity contribution is 5.51. The SMILES string of the molecule is Cc1nnc(N2CCCC(N(C)C)C2)c(CN)c1C. The molecule has 1 aliphatic rings. The first kappa shape index (κ1) is 14.2. The summed E-state index contributed by atoms with van der Waals surface area (Å²) < 4.78 is 0. The number of anilines is 1. The highest BCUT2D eigenvalue weighted by Gasteiger charge is 2.24. The first-order chi connectivity index (χ1) is 9.04. The van der Waals surface area contributed by atoms with Crippen LogP contribution in [0.1, 0.15) is 29.7 Å². The maximum atomic E-state index is 5.92. The Bertz CT molecular complexity index is 444. The van der Waals surface area contributed by atoms with Gasteiger partial charge in [0, 0.05) is 31.2 Å². The van der Waals surface area contributed by atoms with Gasteiger partial charge in [0.15, 0.2) is 5.82 Å². The number of aryl methyl sites for hydroxylation is 1. The van der Waals surface area contributed by atoms with E-state index < -0.39 is 0 Å². The Labute approximate surface area is 115 Å². The molecule has 0 aromatic carbocycles. The van der Waals surface area contributed by atoms with E-state index in [4.69, 9.17) is 5.73 Å². The zero-order valence-electron chi connectivity index (χ0n) is 12.5. The number of likely N-dealkylation sites (N-methyl/N-ethyl adjacent to an activating group) is 1. The summed E-state index contributed by atoms with van der Waals surface area (Å²) in [6, 6.07) is 0.586. The van der Waals surface area contributed by atoms with Gasteiger partial charge in [-0.05, 0) is 46.3 Å². The fourth-order valence-electron chi connectivity index (χ4n) is 2.71. The molecule has 0 spiro atoms. The van der Waals surface area contributed by atoms with Crippen LogP contribution in [0.5, 0.6) is 0 Å². The average Bonchev–Trinajstić information content (AvgIpc) is 2.41. The lowest BCUT2D eigenvalue weighted by Gasteiger charge is -2.37. The van der Waals surface area contributed by atoms with Crippen molar-refractivity contribution >= 4 is 5.82 Å². The van der Waals surface area contributed by atoms with Gasteiger partial charge in [-0.25, -0.2) is 0 Å². The van der Waals surface area contributed by atoms with Gasteiger partial charge in [-0.15, -0.1) is 5.10 Å². The lowest BCUT2D eigenvalue weighted by atomic mass is 10.0. The molecule has 1 fully saturated rings. The smallest absolute Gasteiger partial charge is 0.156 e. The standard InChI is InChI=1S/C14H25N5/c1-10-11(2)16-17-14(13(10)8-15)19-7-5-6-12(9-19)18(3)4/h12H,5-9,15H2,1-4H3. The summed E-state index contributed by atoms with van der Waals surface area (Å²) in [7, 11) is 4.29. The van der Waals surface area contributed by atoms with Crippen molar-refractivity contribution in [2.24, 2.45) is 5.73 Å². The molecule has 0 amide bonds. The maximum Gasteiger partial charge on any atom is 0.156 e. The Balaban J connectivity index is 2.28. The van der Waals surface area contributed by atoms with Gasteiger partial charge in [0.25, 0.3) is 0 Å². The summed E-state index contributed by atoms with van der Waals surface area (Å²) in [5.41, 5.74) is 9.22. The fourth-order valence-corrected chi connectivity index (χ4v) is 2.71. The molecule has 2 heterocycles. The lowest BCUT2D eigenvalue weighted by molar-refractivity contribution is 0.257. The molecule has 0 aliphatic carbocycles. The Morgan fingerprint density at radius 2 is 2.05 bits per heavy atom. The number of nitrogens with zero attached hydrogens (tertiary/aromatic N) is 4. The molecule has 1 aromatic rings. The normalized spacial score (nSPS) is 20.1. The van der Waals surface area contributed by atoms with Crippen LogP contribution < -0.4 is 10.6 Å². The Kier molecular flexibility index (Phi) is 4.37. The van der Waals surface area contributed by atoms with Crippen molar-refractivity contribution in [2.75, 3.05) is 32.1 Å². The molecule has 1 aliphatic heterocycles. The van der Waals surface area contributed by atoms with E-state index in [-0.39, 0.29) is 0 Å². The van der Waals surface area contributed by atoms with Gasteiger partial charge in [0.1, 0.15) is 0 Å². The summed E-state index contributed by atoms with van der Waals surface area (Å²) in [6.07, 6.45) is 2.45.